The molecule has 0 saturated carbocycles. The standard InChI is InChI=1S/C22H18F2N2O3/c1-10-7-18-20(12-3-2-4-13(12)22(28)29-18)21(27)19(10)17-9-16(25-26-17)14-6-5-11(23)8-15(14)24/h5-8,16,25,27H,2-4,9H2,1H3/t16-/m0/s1. The van der Waals surface area contributed by atoms with Crippen molar-refractivity contribution in [3.05, 3.63) is 74.1 Å². The van der Waals surface area contributed by atoms with Crippen LogP contribution in [-0.2, 0) is 12.8 Å². The van der Waals surface area contributed by atoms with Crippen molar-refractivity contribution in [2.75, 3.05) is 0 Å². The molecule has 2 aromatic carbocycles. The van der Waals surface area contributed by atoms with Crippen molar-refractivity contribution in [3.8, 4) is 5.75 Å². The summed E-state index contributed by atoms with van der Waals surface area (Å²) < 4.78 is 32.8. The van der Waals surface area contributed by atoms with E-state index in [1.54, 1.807) is 13.0 Å². The summed E-state index contributed by atoms with van der Waals surface area (Å²) in [4.78, 5) is 12.2. The molecule has 0 spiro atoms. The fraction of sp³-hybridized carbons (Fsp3) is 0.273. The van der Waals surface area contributed by atoms with Crippen LogP contribution in [0.1, 0.15) is 46.7 Å². The lowest BCUT2D eigenvalue weighted by atomic mass is 9.92. The number of nitrogens with one attached hydrogen (secondary N) is 1. The summed E-state index contributed by atoms with van der Waals surface area (Å²) in [7, 11) is 0. The number of aryl methyl sites for hydroxylation is 2. The molecule has 2 heterocycles. The lowest BCUT2D eigenvalue weighted by Gasteiger charge is -2.14. The van der Waals surface area contributed by atoms with E-state index in [4.69, 9.17) is 4.42 Å². The molecular weight excluding hydrogens is 378 g/mol. The van der Waals surface area contributed by atoms with Crippen LogP contribution >= 0.6 is 0 Å². The molecule has 2 aliphatic rings. The van der Waals surface area contributed by atoms with Gasteiger partial charge in [0.25, 0.3) is 0 Å². The number of hydrazone groups is 1. The molecule has 1 aliphatic heterocycles. The second-order valence-corrected chi connectivity index (χ2v) is 7.60. The third-order valence-corrected chi connectivity index (χ3v) is 5.81. The zero-order chi connectivity index (χ0) is 20.3. The zero-order valence-corrected chi connectivity index (χ0v) is 15.7. The SMILES string of the molecule is Cc1cc2oc(=O)c3c(c2c(O)c1C1=NN[C@H](c2ccc(F)cc2F)C1)CCC3. The predicted octanol–water partition coefficient (Wildman–Crippen LogP) is 4.01. The topological polar surface area (TPSA) is 74.8 Å². The highest BCUT2D eigenvalue weighted by Crippen LogP contribution is 2.39. The van der Waals surface area contributed by atoms with E-state index in [-0.39, 0.29) is 11.4 Å². The van der Waals surface area contributed by atoms with Gasteiger partial charge in [-0.15, -0.1) is 0 Å². The lowest BCUT2D eigenvalue weighted by molar-refractivity contribution is 0.476. The molecular formula is C22H18F2N2O3. The molecule has 0 fully saturated rings. The van der Waals surface area contributed by atoms with Crippen LogP contribution in [0.25, 0.3) is 11.0 Å². The second-order valence-electron chi connectivity index (χ2n) is 7.60. The first-order chi connectivity index (χ1) is 13.9. The predicted molar refractivity (Wildman–Crippen MR) is 104 cm³/mol. The van der Waals surface area contributed by atoms with Crippen LogP contribution in [0.4, 0.5) is 8.78 Å². The fourth-order valence-corrected chi connectivity index (χ4v) is 4.47. The summed E-state index contributed by atoms with van der Waals surface area (Å²) in [5, 5.41) is 16.0. The first-order valence-electron chi connectivity index (χ1n) is 9.52. The van der Waals surface area contributed by atoms with Crippen LogP contribution in [0.2, 0.25) is 0 Å². The van der Waals surface area contributed by atoms with Crippen molar-refractivity contribution in [3.63, 3.8) is 0 Å². The molecule has 1 aliphatic carbocycles. The number of rotatable bonds is 2. The van der Waals surface area contributed by atoms with Crippen molar-refractivity contribution < 1.29 is 18.3 Å². The summed E-state index contributed by atoms with van der Waals surface area (Å²) in [5.74, 6) is -1.25. The number of phenolic OH excluding ortho intramolecular Hbond substituents is 1. The van der Waals surface area contributed by atoms with Crippen LogP contribution in [0.3, 0.4) is 0 Å². The van der Waals surface area contributed by atoms with E-state index in [1.807, 2.05) is 0 Å². The number of benzene rings is 2. The minimum Gasteiger partial charge on any atom is -0.506 e. The lowest BCUT2D eigenvalue weighted by Crippen LogP contribution is -2.12. The van der Waals surface area contributed by atoms with Gasteiger partial charge in [0.15, 0.2) is 0 Å². The maximum Gasteiger partial charge on any atom is 0.339 e. The summed E-state index contributed by atoms with van der Waals surface area (Å²) >= 11 is 0. The minimum atomic E-state index is -0.641. The fourth-order valence-electron chi connectivity index (χ4n) is 4.47. The van der Waals surface area contributed by atoms with Crippen LogP contribution < -0.4 is 11.1 Å². The van der Waals surface area contributed by atoms with Gasteiger partial charge in [-0.25, -0.2) is 13.6 Å². The highest BCUT2D eigenvalue weighted by atomic mass is 19.1. The van der Waals surface area contributed by atoms with Crippen LogP contribution in [-0.4, -0.2) is 10.8 Å². The molecule has 0 bridgehead atoms. The normalized spacial score (nSPS) is 18.0. The Morgan fingerprint density at radius 1 is 1.21 bits per heavy atom. The molecule has 148 valence electrons. The molecule has 0 amide bonds. The Morgan fingerprint density at radius 3 is 2.79 bits per heavy atom. The molecule has 0 radical (unpaired) electrons. The third kappa shape index (κ3) is 2.72. The van der Waals surface area contributed by atoms with Gasteiger partial charge >= 0.3 is 5.63 Å². The van der Waals surface area contributed by atoms with Gasteiger partial charge in [-0.2, -0.15) is 5.10 Å². The average Bonchev–Trinajstić information content (AvgIpc) is 3.31. The Hall–Kier alpha value is -3.22. The van der Waals surface area contributed by atoms with Gasteiger partial charge in [0, 0.05) is 29.2 Å². The number of phenols is 1. The van der Waals surface area contributed by atoms with Crippen molar-refractivity contribution in [1.82, 2.24) is 5.43 Å². The van der Waals surface area contributed by atoms with E-state index in [0.717, 1.165) is 18.1 Å². The van der Waals surface area contributed by atoms with E-state index in [2.05, 4.69) is 10.5 Å². The minimum absolute atomic E-state index is 0.0303. The Kier molecular flexibility index (Phi) is 3.94. The Balaban J connectivity index is 1.59. The first kappa shape index (κ1) is 17.8. The van der Waals surface area contributed by atoms with E-state index >= 15 is 0 Å². The molecule has 0 unspecified atom stereocenters. The van der Waals surface area contributed by atoms with E-state index < -0.39 is 17.7 Å². The number of fused-ring (bicyclic) bond motifs is 3. The molecule has 5 nitrogen and oxygen atoms in total. The van der Waals surface area contributed by atoms with E-state index in [1.165, 1.54) is 12.1 Å². The highest BCUT2D eigenvalue weighted by molar-refractivity contribution is 6.09. The Bertz CT molecular complexity index is 1260. The summed E-state index contributed by atoms with van der Waals surface area (Å²) in [5.41, 5.74) is 6.52. The summed E-state index contributed by atoms with van der Waals surface area (Å²) in [6, 6.07) is 4.73. The smallest absolute Gasteiger partial charge is 0.339 e. The number of hydrogen-bond acceptors (Lipinski definition) is 5. The second kappa shape index (κ2) is 6.40. The van der Waals surface area contributed by atoms with Crippen LogP contribution in [0.15, 0.2) is 38.6 Å². The third-order valence-electron chi connectivity index (χ3n) is 5.81. The molecule has 1 aromatic heterocycles. The summed E-state index contributed by atoms with van der Waals surface area (Å²) in [6.07, 6.45) is 2.53. The zero-order valence-electron chi connectivity index (χ0n) is 15.7. The first-order valence-corrected chi connectivity index (χ1v) is 9.52. The number of halogens is 2. The number of aromatic hydroxyl groups is 1. The van der Waals surface area contributed by atoms with E-state index in [9.17, 15) is 18.7 Å². The van der Waals surface area contributed by atoms with Crippen LogP contribution in [0.5, 0.6) is 5.75 Å². The maximum atomic E-state index is 14.2. The molecule has 0 saturated heterocycles. The quantitative estimate of drug-likeness (QED) is 0.642. The Morgan fingerprint density at radius 2 is 2.00 bits per heavy atom. The largest absolute Gasteiger partial charge is 0.506 e. The van der Waals surface area contributed by atoms with Gasteiger partial charge in [0.1, 0.15) is 23.0 Å². The van der Waals surface area contributed by atoms with Gasteiger partial charge in [0.2, 0.25) is 0 Å². The van der Waals surface area contributed by atoms with Crippen molar-refractivity contribution >= 4 is 16.7 Å². The maximum absolute atomic E-state index is 14.2. The van der Waals surface area contributed by atoms with Gasteiger partial charge in [-0.05, 0) is 49.4 Å². The van der Waals surface area contributed by atoms with Gasteiger partial charge in [-0.1, -0.05) is 6.07 Å². The van der Waals surface area contributed by atoms with Gasteiger partial charge in [0.05, 0.1) is 17.1 Å². The molecule has 2 N–H and O–H groups in total. The molecule has 3 aromatic rings. The van der Waals surface area contributed by atoms with Crippen LogP contribution in [0, 0.1) is 18.6 Å². The average molecular weight is 396 g/mol. The monoisotopic (exact) mass is 396 g/mol. The number of hydrogen-bond donors (Lipinski definition) is 2. The highest BCUT2D eigenvalue weighted by Gasteiger charge is 2.29. The van der Waals surface area contributed by atoms with Crippen molar-refractivity contribution in [2.24, 2.45) is 5.10 Å². The molecule has 29 heavy (non-hydrogen) atoms. The molecule has 1 atom stereocenters. The molecule has 7 heteroatoms. The van der Waals surface area contributed by atoms with Gasteiger partial charge in [-0.3, -0.25) is 0 Å². The molecule has 5 rings (SSSR count). The Labute approximate surface area is 164 Å². The summed E-state index contributed by atoms with van der Waals surface area (Å²) in [6.45, 7) is 1.80. The van der Waals surface area contributed by atoms with Gasteiger partial charge < -0.3 is 14.9 Å². The van der Waals surface area contributed by atoms with E-state index in [0.29, 0.717) is 58.2 Å². The van der Waals surface area contributed by atoms with Crippen molar-refractivity contribution in [2.45, 2.75) is 38.6 Å². The van der Waals surface area contributed by atoms with Crippen molar-refractivity contribution in [1.29, 1.82) is 0 Å². The number of nitrogens with zero attached hydrogens (tertiary/aromatic N) is 1.